The highest BCUT2D eigenvalue weighted by Gasteiger charge is 2.45. The maximum Gasteiger partial charge on any atom is 0.224 e. The molecule has 2 saturated heterocycles. The fourth-order valence-corrected chi connectivity index (χ4v) is 4.83. The topological polar surface area (TPSA) is 41.1 Å². The second-order valence-electron chi connectivity index (χ2n) is 6.68. The Balaban J connectivity index is 1.38. The van der Waals surface area contributed by atoms with Gasteiger partial charge in [-0.2, -0.15) is 0 Å². The monoisotopic (exact) mass is 234 g/mol. The number of hydrogen-bond acceptors (Lipinski definition) is 2. The van der Waals surface area contributed by atoms with E-state index >= 15 is 0 Å². The lowest BCUT2D eigenvalue weighted by atomic mass is 9.87. The lowest BCUT2D eigenvalue weighted by Gasteiger charge is -2.26. The lowest BCUT2D eigenvalue weighted by Crippen LogP contribution is -2.44. The highest BCUT2D eigenvalue weighted by Crippen LogP contribution is 2.44. The fraction of sp³-hybridized carbons (Fsp3) is 0.929. The van der Waals surface area contributed by atoms with Crippen LogP contribution in [0.1, 0.15) is 44.9 Å². The van der Waals surface area contributed by atoms with Crippen LogP contribution in [-0.2, 0) is 4.79 Å². The summed E-state index contributed by atoms with van der Waals surface area (Å²) in [7, 11) is 0. The maximum atomic E-state index is 12.3. The van der Waals surface area contributed by atoms with Crippen LogP contribution in [0.3, 0.4) is 0 Å². The maximum absolute atomic E-state index is 12.3. The van der Waals surface area contributed by atoms with Crippen molar-refractivity contribution in [1.82, 2.24) is 10.6 Å². The zero-order valence-electron chi connectivity index (χ0n) is 10.3. The molecular weight excluding hydrogens is 212 g/mol. The summed E-state index contributed by atoms with van der Waals surface area (Å²) >= 11 is 0. The molecule has 2 aliphatic carbocycles. The Bertz CT molecular complexity index is 343. The van der Waals surface area contributed by atoms with Crippen molar-refractivity contribution in [3.05, 3.63) is 0 Å². The van der Waals surface area contributed by atoms with E-state index in [-0.39, 0.29) is 5.92 Å². The van der Waals surface area contributed by atoms with E-state index < -0.39 is 0 Å². The molecule has 94 valence electrons. The Labute approximate surface area is 103 Å². The Morgan fingerprint density at radius 1 is 1.06 bits per heavy atom. The van der Waals surface area contributed by atoms with Crippen LogP contribution in [0.4, 0.5) is 0 Å². The standard InChI is InChI=1S/C14H22N2O/c17-14(11-7-10-3-4-12(11)15-10)16-13-6-8-1-2-9(13)5-8/h8-13,15H,1-7H2,(H,16,17). The number of fused-ring (bicyclic) bond motifs is 4. The molecule has 2 heterocycles. The van der Waals surface area contributed by atoms with E-state index in [2.05, 4.69) is 10.6 Å². The molecule has 4 fully saturated rings. The molecular formula is C14H22N2O. The van der Waals surface area contributed by atoms with Crippen molar-refractivity contribution in [2.75, 3.05) is 0 Å². The zero-order valence-corrected chi connectivity index (χ0v) is 10.3. The van der Waals surface area contributed by atoms with E-state index in [1.165, 1.54) is 38.5 Å². The minimum absolute atomic E-state index is 0.271. The molecule has 6 unspecified atom stereocenters. The molecule has 1 amide bonds. The molecule has 2 saturated carbocycles. The van der Waals surface area contributed by atoms with E-state index in [1.54, 1.807) is 0 Å². The number of nitrogens with one attached hydrogen (secondary N) is 2. The van der Waals surface area contributed by atoms with Crippen LogP contribution < -0.4 is 10.6 Å². The Kier molecular flexibility index (Phi) is 2.26. The predicted molar refractivity (Wildman–Crippen MR) is 65.4 cm³/mol. The number of amides is 1. The van der Waals surface area contributed by atoms with Gasteiger partial charge in [-0.1, -0.05) is 6.42 Å². The van der Waals surface area contributed by atoms with Crippen LogP contribution in [0.25, 0.3) is 0 Å². The van der Waals surface area contributed by atoms with Crippen LogP contribution in [0.5, 0.6) is 0 Å². The molecule has 3 nitrogen and oxygen atoms in total. The largest absolute Gasteiger partial charge is 0.353 e. The van der Waals surface area contributed by atoms with E-state index in [0.717, 1.165) is 18.3 Å². The average molecular weight is 234 g/mol. The first kappa shape index (κ1) is 10.4. The van der Waals surface area contributed by atoms with E-state index in [1.807, 2.05) is 0 Å². The highest BCUT2D eigenvalue weighted by atomic mass is 16.2. The summed E-state index contributed by atoms with van der Waals surface area (Å²) in [6.07, 6.45) is 8.96. The van der Waals surface area contributed by atoms with Gasteiger partial charge in [0, 0.05) is 18.1 Å². The van der Waals surface area contributed by atoms with Crippen LogP contribution >= 0.6 is 0 Å². The van der Waals surface area contributed by atoms with E-state index in [4.69, 9.17) is 0 Å². The van der Waals surface area contributed by atoms with Gasteiger partial charge in [0.05, 0.1) is 5.92 Å². The molecule has 0 aromatic heterocycles. The molecule has 4 bridgehead atoms. The number of hydrogen-bond donors (Lipinski definition) is 2. The van der Waals surface area contributed by atoms with Crippen LogP contribution in [0.15, 0.2) is 0 Å². The Hall–Kier alpha value is -0.570. The summed E-state index contributed by atoms with van der Waals surface area (Å²) in [5, 5.41) is 6.91. The van der Waals surface area contributed by atoms with Gasteiger partial charge in [0.25, 0.3) is 0 Å². The van der Waals surface area contributed by atoms with Gasteiger partial charge in [-0.3, -0.25) is 4.79 Å². The first-order valence-corrected chi connectivity index (χ1v) is 7.36. The first-order chi connectivity index (χ1) is 8.29. The fourth-order valence-electron chi connectivity index (χ4n) is 4.83. The molecule has 6 atom stereocenters. The van der Waals surface area contributed by atoms with Crippen molar-refractivity contribution >= 4 is 5.91 Å². The smallest absolute Gasteiger partial charge is 0.224 e. The van der Waals surface area contributed by atoms with Crippen LogP contribution in [0, 0.1) is 17.8 Å². The van der Waals surface area contributed by atoms with Crippen LogP contribution in [-0.4, -0.2) is 24.0 Å². The summed E-state index contributed by atoms with van der Waals surface area (Å²) in [6.45, 7) is 0. The molecule has 2 aliphatic heterocycles. The van der Waals surface area contributed by atoms with Gasteiger partial charge < -0.3 is 10.6 Å². The molecule has 0 aromatic rings. The van der Waals surface area contributed by atoms with Crippen molar-refractivity contribution in [2.45, 2.75) is 63.1 Å². The van der Waals surface area contributed by atoms with Gasteiger partial charge in [0.2, 0.25) is 5.91 Å². The van der Waals surface area contributed by atoms with Crippen molar-refractivity contribution in [3.63, 3.8) is 0 Å². The molecule has 4 aliphatic rings. The zero-order chi connectivity index (χ0) is 11.4. The Morgan fingerprint density at radius 2 is 2.00 bits per heavy atom. The minimum atomic E-state index is 0.271. The quantitative estimate of drug-likeness (QED) is 0.759. The van der Waals surface area contributed by atoms with E-state index in [0.29, 0.717) is 24.0 Å². The summed E-state index contributed by atoms with van der Waals surface area (Å²) in [5.74, 6) is 2.34. The average Bonchev–Trinajstić information content (AvgIpc) is 3.08. The van der Waals surface area contributed by atoms with Crippen LogP contribution in [0.2, 0.25) is 0 Å². The minimum Gasteiger partial charge on any atom is -0.353 e. The third-order valence-electron chi connectivity index (χ3n) is 5.70. The number of carbonyl (C=O) groups excluding carboxylic acids is 1. The Morgan fingerprint density at radius 3 is 2.59 bits per heavy atom. The second-order valence-corrected chi connectivity index (χ2v) is 6.68. The molecule has 17 heavy (non-hydrogen) atoms. The van der Waals surface area contributed by atoms with Crippen molar-refractivity contribution in [1.29, 1.82) is 0 Å². The third-order valence-corrected chi connectivity index (χ3v) is 5.70. The van der Waals surface area contributed by atoms with Gasteiger partial charge in [0.1, 0.15) is 0 Å². The number of rotatable bonds is 2. The second kappa shape index (κ2) is 3.71. The summed E-state index contributed by atoms with van der Waals surface area (Å²) in [6, 6.07) is 1.63. The van der Waals surface area contributed by atoms with Gasteiger partial charge in [0.15, 0.2) is 0 Å². The molecule has 0 aromatic carbocycles. The molecule has 2 N–H and O–H groups in total. The van der Waals surface area contributed by atoms with Gasteiger partial charge in [-0.15, -0.1) is 0 Å². The van der Waals surface area contributed by atoms with Crippen molar-refractivity contribution in [2.24, 2.45) is 17.8 Å². The first-order valence-electron chi connectivity index (χ1n) is 7.36. The van der Waals surface area contributed by atoms with Gasteiger partial charge >= 0.3 is 0 Å². The SMILES string of the molecule is O=C(NC1CC2CCC1C2)C1CC2CCC1N2. The predicted octanol–water partition coefficient (Wildman–Crippen LogP) is 1.43. The molecule has 3 heteroatoms. The third kappa shape index (κ3) is 1.62. The molecule has 4 rings (SSSR count). The van der Waals surface area contributed by atoms with Gasteiger partial charge in [-0.05, 0) is 50.4 Å². The molecule has 0 radical (unpaired) electrons. The lowest BCUT2D eigenvalue weighted by molar-refractivity contribution is -0.126. The number of carbonyl (C=O) groups is 1. The van der Waals surface area contributed by atoms with Crippen molar-refractivity contribution in [3.8, 4) is 0 Å². The van der Waals surface area contributed by atoms with Crippen molar-refractivity contribution < 1.29 is 4.79 Å². The van der Waals surface area contributed by atoms with E-state index in [9.17, 15) is 4.79 Å². The summed E-state index contributed by atoms with van der Waals surface area (Å²) < 4.78 is 0. The normalized spacial score (nSPS) is 51.1. The highest BCUT2D eigenvalue weighted by molar-refractivity contribution is 5.80. The van der Waals surface area contributed by atoms with Gasteiger partial charge in [-0.25, -0.2) is 0 Å². The molecule has 0 spiro atoms. The summed E-state index contributed by atoms with van der Waals surface area (Å²) in [5.41, 5.74) is 0. The summed E-state index contributed by atoms with van der Waals surface area (Å²) in [4.78, 5) is 12.3.